The number of hydrogen-bond donors (Lipinski definition) is 2. The van der Waals surface area contributed by atoms with Crippen molar-refractivity contribution in [2.45, 2.75) is 62.4 Å². The molecule has 4 nitrogen and oxygen atoms in total. The minimum absolute atomic E-state index is 0.0171. The van der Waals surface area contributed by atoms with Gasteiger partial charge in [-0.15, -0.1) is 0 Å². The Bertz CT molecular complexity index is 1160. The predicted molar refractivity (Wildman–Crippen MR) is 161 cm³/mol. The van der Waals surface area contributed by atoms with Crippen LogP contribution < -0.4 is 10.6 Å². The molecule has 0 spiro atoms. The molecule has 0 aromatic heterocycles. The van der Waals surface area contributed by atoms with Crippen molar-refractivity contribution in [3.63, 3.8) is 0 Å². The van der Waals surface area contributed by atoms with Gasteiger partial charge in [-0.2, -0.15) is 0 Å². The zero-order valence-electron chi connectivity index (χ0n) is 22.9. The van der Waals surface area contributed by atoms with E-state index in [9.17, 15) is 9.59 Å². The molecule has 1 aliphatic rings. The smallest absolute Gasteiger partial charge is 0.221 e. The summed E-state index contributed by atoms with van der Waals surface area (Å²) in [7, 11) is 0. The van der Waals surface area contributed by atoms with E-state index in [4.69, 9.17) is 0 Å². The Morgan fingerprint density at radius 1 is 0.500 bits per heavy atom. The number of carbonyl (C=O) groups excluding carboxylic acids is 2. The molecule has 0 bridgehead atoms. The Hall–Kier alpha value is -4.18. The fourth-order valence-corrected chi connectivity index (χ4v) is 5.98. The van der Waals surface area contributed by atoms with Gasteiger partial charge < -0.3 is 10.6 Å². The van der Waals surface area contributed by atoms with E-state index >= 15 is 0 Å². The first kappa shape index (κ1) is 27.4. The van der Waals surface area contributed by atoms with E-state index in [0.29, 0.717) is 12.8 Å². The van der Waals surface area contributed by atoms with Gasteiger partial charge in [-0.3, -0.25) is 9.59 Å². The average molecular weight is 531 g/mol. The molecule has 4 heteroatoms. The van der Waals surface area contributed by atoms with Crippen LogP contribution in [0.15, 0.2) is 121 Å². The second-order valence-electron chi connectivity index (χ2n) is 10.8. The monoisotopic (exact) mass is 530 g/mol. The lowest BCUT2D eigenvalue weighted by molar-refractivity contribution is -0.125. The minimum atomic E-state index is -0.0655. The summed E-state index contributed by atoms with van der Waals surface area (Å²) in [5.74, 6) is 0.0127. The van der Waals surface area contributed by atoms with E-state index in [1.54, 1.807) is 0 Å². The van der Waals surface area contributed by atoms with Crippen molar-refractivity contribution < 1.29 is 9.59 Å². The van der Waals surface area contributed by atoms with E-state index < -0.39 is 0 Å². The summed E-state index contributed by atoms with van der Waals surface area (Å²) in [6.07, 6.45) is 4.59. The minimum Gasteiger partial charge on any atom is -0.351 e. The van der Waals surface area contributed by atoms with Gasteiger partial charge in [0.2, 0.25) is 11.8 Å². The van der Waals surface area contributed by atoms with Gasteiger partial charge in [0.25, 0.3) is 0 Å². The molecule has 40 heavy (non-hydrogen) atoms. The molecule has 2 amide bonds. The Balaban J connectivity index is 1.25. The average Bonchev–Trinajstić information content (AvgIpc) is 3.01. The predicted octanol–water partition coefficient (Wildman–Crippen LogP) is 6.97. The number of benzene rings is 4. The zero-order chi connectivity index (χ0) is 27.6. The molecule has 0 unspecified atom stereocenters. The normalized spacial score (nSPS) is 16.9. The van der Waals surface area contributed by atoms with Crippen molar-refractivity contribution >= 4 is 11.8 Å². The number of rotatable bonds is 10. The summed E-state index contributed by atoms with van der Waals surface area (Å²) >= 11 is 0. The van der Waals surface area contributed by atoms with Crippen LogP contribution >= 0.6 is 0 Å². The fraction of sp³-hybridized carbons (Fsp3) is 0.278. The Morgan fingerprint density at radius 2 is 0.775 bits per heavy atom. The quantitative estimate of drug-likeness (QED) is 0.233. The van der Waals surface area contributed by atoms with Crippen LogP contribution in [0.4, 0.5) is 0 Å². The Morgan fingerprint density at radius 3 is 1.05 bits per heavy atom. The van der Waals surface area contributed by atoms with Gasteiger partial charge in [-0.05, 0) is 35.1 Å². The number of hydrogen-bond acceptors (Lipinski definition) is 2. The first-order valence-corrected chi connectivity index (χ1v) is 14.5. The zero-order valence-corrected chi connectivity index (χ0v) is 22.9. The molecule has 4 aromatic carbocycles. The molecular weight excluding hydrogens is 492 g/mol. The second kappa shape index (κ2) is 13.7. The third kappa shape index (κ3) is 7.26. The highest BCUT2D eigenvalue weighted by molar-refractivity contribution is 5.79. The SMILES string of the molecule is O=C(CC(c1ccccc1)c1ccccc1)N[C@H]1CCCC[C@@H]1NC(=O)CC(c1ccccc1)c1ccccc1. The van der Waals surface area contributed by atoms with Crippen LogP contribution in [0.2, 0.25) is 0 Å². The van der Waals surface area contributed by atoms with Crippen molar-refractivity contribution in [3.8, 4) is 0 Å². The van der Waals surface area contributed by atoms with Crippen LogP contribution in [0.3, 0.4) is 0 Å². The van der Waals surface area contributed by atoms with Crippen molar-refractivity contribution in [1.29, 1.82) is 0 Å². The number of nitrogens with one attached hydrogen (secondary N) is 2. The largest absolute Gasteiger partial charge is 0.351 e. The van der Waals surface area contributed by atoms with Crippen LogP contribution in [0.25, 0.3) is 0 Å². The summed E-state index contributed by atoms with van der Waals surface area (Å²) in [6, 6.07) is 40.8. The number of carbonyl (C=O) groups is 2. The highest BCUT2D eigenvalue weighted by atomic mass is 16.2. The summed E-state index contributed by atoms with van der Waals surface area (Å²) in [5, 5.41) is 6.61. The van der Waals surface area contributed by atoms with E-state index in [2.05, 4.69) is 59.2 Å². The van der Waals surface area contributed by atoms with E-state index in [1.165, 1.54) is 0 Å². The van der Waals surface area contributed by atoms with Crippen LogP contribution in [0.1, 0.15) is 72.6 Å². The molecule has 0 aliphatic heterocycles. The maximum atomic E-state index is 13.4. The molecule has 0 saturated heterocycles. The van der Waals surface area contributed by atoms with Gasteiger partial charge in [-0.25, -0.2) is 0 Å². The van der Waals surface area contributed by atoms with Crippen LogP contribution in [-0.4, -0.2) is 23.9 Å². The summed E-state index contributed by atoms with van der Waals surface area (Å²) in [5.41, 5.74) is 4.52. The molecule has 4 aromatic rings. The summed E-state index contributed by atoms with van der Waals surface area (Å²) in [6.45, 7) is 0. The molecule has 5 rings (SSSR count). The first-order chi connectivity index (χ1) is 19.7. The summed E-state index contributed by atoms with van der Waals surface area (Å²) < 4.78 is 0. The fourth-order valence-electron chi connectivity index (χ4n) is 5.98. The van der Waals surface area contributed by atoms with Crippen molar-refractivity contribution in [3.05, 3.63) is 144 Å². The van der Waals surface area contributed by atoms with Gasteiger partial charge in [0.05, 0.1) is 0 Å². The van der Waals surface area contributed by atoms with Crippen molar-refractivity contribution in [2.24, 2.45) is 0 Å². The molecular formula is C36H38N2O2. The summed E-state index contributed by atoms with van der Waals surface area (Å²) in [4.78, 5) is 26.8. The highest BCUT2D eigenvalue weighted by Gasteiger charge is 2.30. The van der Waals surface area contributed by atoms with Crippen LogP contribution in [0, 0.1) is 0 Å². The lowest BCUT2D eigenvalue weighted by atomic mass is 9.86. The number of amides is 2. The van der Waals surface area contributed by atoms with E-state index in [-0.39, 0.29) is 35.7 Å². The van der Waals surface area contributed by atoms with E-state index in [0.717, 1.165) is 47.9 Å². The Labute approximate surface area is 237 Å². The molecule has 2 atom stereocenters. The molecule has 1 fully saturated rings. The maximum absolute atomic E-state index is 13.4. The van der Waals surface area contributed by atoms with Gasteiger partial charge in [-0.1, -0.05) is 134 Å². The third-order valence-corrected chi connectivity index (χ3v) is 8.05. The lowest BCUT2D eigenvalue weighted by Crippen LogP contribution is -2.53. The van der Waals surface area contributed by atoms with Crippen molar-refractivity contribution in [1.82, 2.24) is 10.6 Å². The molecule has 2 N–H and O–H groups in total. The van der Waals surface area contributed by atoms with Crippen LogP contribution in [-0.2, 0) is 9.59 Å². The van der Waals surface area contributed by atoms with E-state index in [1.807, 2.05) is 72.8 Å². The standard InChI is InChI=1S/C36H38N2O2/c39-35(25-31(27-15-5-1-6-16-27)28-17-7-2-8-18-28)37-33-23-13-14-24-34(33)38-36(40)26-32(29-19-9-3-10-20-29)30-21-11-4-12-22-30/h1-12,15-22,31-34H,13-14,23-26H2,(H,37,39)(H,38,40)/t33-,34-/m0/s1. The third-order valence-electron chi connectivity index (χ3n) is 8.05. The molecule has 1 saturated carbocycles. The molecule has 0 heterocycles. The topological polar surface area (TPSA) is 58.2 Å². The highest BCUT2D eigenvalue weighted by Crippen LogP contribution is 2.30. The first-order valence-electron chi connectivity index (χ1n) is 14.5. The van der Waals surface area contributed by atoms with Gasteiger partial charge in [0, 0.05) is 36.8 Å². The molecule has 204 valence electrons. The molecule has 0 radical (unpaired) electrons. The van der Waals surface area contributed by atoms with Crippen molar-refractivity contribution in [2.75, 3.05) is 0 Å². The second-order valence-corrected chi connectivity index (χ2v) is 10.8. The maximum Gasteiger partial charge on any atom is 0.221 e. The molecule has 1 aliphatic carbocycles. The van der Waals surface area contributed by atoms with Gasteiger partial charge in [0.15, 0.2) is 0 Å². The Kier molecular flexibility index (Phi) is 9.41. The van der Waals surface area contributed by atoms with Crippen LogP contribution in [0.5, 0.6) is 0 Å². The van der Waals surface area contributed by atoms with Gasteiger partial charge in [0.1, 0.15) is 0 Å². The lowest BCUT2D eigenvalue weighted by Gasteiger charge is -2.33. The van der Waals surface area contributed by atoms with Gasteiger partial charge >= 0.3 is 0 Å².